The fourth-order valence-corrected chi connectivity index (χ4v) is 1.92. The second-order valence-electron chi connectivity index (χ2n) is 4.42. The van der Waals surface area contributed by atoms with Gasteiger partial charge in [-0.25, -0.2) is 0 Å². The van der Waals surface area contributed by atoms with Crippen molar-refractivity contribution in [2.45, 2.75) is 13.8 Å². The molecule has 1 aromatic carbocycles. The predicted molar refractivity (Wildman–Crippen MR) is 74.9 cm³/mol. The van der Waals surface area contributed by atoms with Crippen molar-refractivity contribution in [3.8, 4) is 0 Å². The van der Waals surface area contributed by atoms with Crippen molar-refractivity contribution >= 4 is 17.4 Å². The van der Waals surface area contributed by atoms with Crippen LogP contribution in [-0.4, -0.2) is 15.7 Å². The lowest BCUT2D eigenvalue weighted by atomic mass is 10.1. The van der Waals surface area contributed by atoms with Gasteiger partial charge >= 0.3 is 0 Å². The highest BCUT2D eigenvalue weighted by molar-refractivity contribution is 6.05. The summed E-state index contributed by atoms with van der Waals surface area (Å²) in [4.78, 5) is 12.2. The monoisotopic (exact) mass is 259 g/mol. The molecule has 6 heteroatoms. The quantitative estimate of drug-likeness (QED) is 0.577. The summed E-state index contributed by atoms with van der Waals surface area (Å²) >= 11 is 0. The number of carbonyl (C=O) groups excluding carboxylic acids is 1. The molecule has 4 N–H and O–H groups in total. The van der Waals surface area contributed by atoms with Crippen molar-refractivity contribution in [1.29, 1.82) is 0 Å². The van der Waals surface area contributed by atoms with Crippen LogP contribution >= 0.6 is 0 Å². The van der Waals surface area contributed by atoms with Gasteiger partial charge in [-0.05, 0) is 37.6 Å². The Kier molecular flexibility index (Phi) is 3.52. The maximum absolute atomic E-state index is 12.2. The third-order valence-electron chi connectivity index (χ3n) is 2.88. The number of aromatic nitrogens is 2. The number of nitrogens with zero attached hydrogens (tertiary/aromatic N) is 2. The molecule has 0 aliphatic heterocycles. The largest absolute Gasteiger partial charge is 0.324 e. The number of nitrogens with one attached hydrogen (secondary N) is 2. The predicted octanol–water partition coefficient (Wildman–Crippen LogP) is 1.57. The molecule has 1 amide bonds. The minimum absolute atomic E-state index is 0.163. The van der Waals surface area contributed by atoms with Gasteiger partial charge in [0.05, 0.1) is 5.69 Å². The lowest BCUT2D eigenvalue weighted by Gasteiger charge is -2.09. The number of nitrogen functional groups attached to an aromatic ring is 1. The molecule has 19 heavy (non-hydrogen) atoms. The number of amides is 1. The van der Waals surface area contributed by atoms with Gasteiger partial charge in [-0.2, -0.15) is 5.10 Å². The SMILES string of the molecule is Cc1cc(NC(=O)c2ccc(NN)cc2C)n(C)n1. The average molecular weight is 259 g/mol. The van der Waals surface area contributed by atoms with Crippen LogP contribution in [0.3, 0.4) is 0 Å². The van der Waals surface area contributed by atoms with Crippen LogP contribution in [0.15, 0.2) is 24.3 Å². The van der Waals surface area contributed by atoms with E-state index in [1.54, 1.807) is 23.9 Å². The number of aryl methyl sites for hydroxylation is 3. The molecular formula is C13H17N5O. The fraction of sp³-hybridized carbons (Fsp3) is 0.231. The van der Waals surface area contributed by atoms with Gasteiger partial charge in [0, 0.05) is 24.4 Å². The van der Waals surface area contributed by atoms with E-state index in [4.69, 9.17) is 5.84 Å². The van der Waals surface area contributed by atoms with Crippen molar-refractivity contribution in [3.05, 3.63) is 41.1 Å². The molecular weight excluding hydrogens is 242 g/mol. The van der Waals surface area contributed by atoms with Gasteiger partial charge in [-0.1, -0.05) is 0 Å². The molecule has 1 aromatic heterocycles. The zero-order chi connectivity index (χ0) is 14.0. The molecule has 0 radical (unpaired) electrons. The molecule has 0 atom stereocenters. The van der Waals surface area contributed by atoms with Crippen molar-refractivity contribution in [1.82, 2.24) is 9.78 Å². The summed E-state index contributed by atoms with van der Waals surface area (Å²) < 4.78 is 1.64. The lowest BCUT2D eigenvalue weighted by molar-refractivity contribution is 0.102. The summed E-state index contributed by atoms with van der Waals surface area (Å²) in [6.45, 7) is 3.74. The molecule has 0 unspecified atom stereocenters. The molecule has 0 fully saturated rings. The molecule has 0 saturated carbocycles. The maximum atomic E-state index is 12.2. The second-order valence-corrected chi connectivity index (χ2v) is 4.42. The van der Waals surface area contributed by atoms with E-state index in [9.17, 15) is 4.79 Å². The van der Waals surface area contributed by atoms with E-state index >= 15 is 0 Å². The van der Waals surface area contributed by atoms with Crippen LogP contribution in [0, 0.1) is 13.8 Å². The number of rotatable bonds is 3. The van der Waals surface area contributed by atoms with Crippen LogP contribution in [0.4, 0.5) is 11.5 Å². The molecule has 6 nitrogen and oxygen atoms in total. The van der Waals surface area contributed by atoms with Gasteiger partial charge in [0.1, 0.15) is 5.82 Å². The van der Waals surface area contributed by atoms with Crippen LogP contribution in [0.2, 0.25) is 0 Å². The number of hydrazine groups is 1. The average Bonchev–Trinajstić information content (AvgIpc) is 2.67. The zero-order valence-corrected chi connectivity index (χ0v) is 11.2. The minimum atomic E-state index is -0.163. The van der Waals surface area contributed by atoms with E-state index in [0.29, 0.717) is 11.4 Å². The van der Waals surface area contributed by atoms with Gasteiger partial charge in [-0.3, -0.25) is 15.3 Å². The number of hydrogen-bond donors (Lipinski definition) is 3. The highest BCUT2D eigenvalue weighted by Gasteiger charge is 2.12. The highest BCUT2D eigenvalue weighted by atomic mass is 16.1. The van der Waals surface area contributed by atoms with Crippen molar-refractivity contribution in [2.75, 3.05) is 10.7 Å². The Balaban J connectivity index is 2.23. The number of nitrogens with two attached hydrogens (primary N) is 1. The summed E-state index contributed by atoms with van der Waals surface area (Å²) in [5.41, 5.74) is 5.64. The number of carbonyl (C=O) groups is 1. The van der Waals surface area contributed by atoms with Crippen molar-refractivity contribution < 1.29 is 4.79 Å². The Bertz CT molecular complexity index is 617. The van der Waals surface area contributed by atoms with E-state index in [1.165, 1.54) is 0 Å². The smallest absolute Gasteiger partial charge is 0.257 e. The summed E-state index contributed by atoms with van der Waals surface area (Å²) in [5, 5.41) is 7.02. The van der Waals surface area contributed by atoms with E-state index in [0.717, 1.165) is 16.9 Å². The summed E-state index contributed by atoms with van der Waals surface area (Å²) in [5.74, 6) is 5.84. The molecule has 0 aliphatic rings. The van der Waals surface area contributed by atoms with Crippen LogP contribution < -0.4 is 16.6 Å². The van der Waals surface area contributed by atoms with E-state index in [2.05, 4.69) is 15.8 Å². The van der Waals surface area contributed by atoms with Gasteiger partial charge in [-0.15, -0.1) is 0 Å². The first kappa shape index (κ1) is 13.1. The summed E-state index contributed by atoms with van der Waals surface area (Å²) in [7, 11) is 1.79. The van der Waals surface area contributed by atoms with Crippen LogP contribution in [0.1, 0.15) is 21.6 Å². The first-order valence-electron chi connectivity index (χ1n) is 5.90. The van der Waals surface area contributed by atoms with Gasteiger partial charge in [0.2, 0.25) is 0 Å². The molecule has 100 valence electrons. The van der Waals surface area contributed by atoms with Crippen molar-refractivity contribution in [2.24, 2.45) is 12.9 Å². The van der Waals surface area contributed by atoms with Gasteiger partial charge in [0.25, 0.3) is 5.91 Å². The first-order chi connectivity index (χ1) is 9.01. The second kappa shape index (κ2) is 5.11. The molecule has 2 rings (SSSR count). The van der Waals surface area contributed by atoms with E-state index in [-0.39, 0.29) is 5.91 Å². The zero-order valence-electron chi connectivity index (χ0n) is 11.2. The normalized spacial score (nSPS) is 10.3. The Morgan fingerprint density at radius 2 is 2.05 bits per heavy atom. The van der Waals surface area contributed by atoms with E-state index < -0.39 is 0 Å². The molecule has 1 heterocycles. The molecule has 0 saturated heterocycles. The topological polar surface area (TPSA) is 85.0 Å². The van der Waals surface area contributed by atoms with E-state index in [1.807, 2.05) is 26.0 Å². The van der Waals surface area contributed by atoms with Crippen molar-refractivity contribution in [3.63, 3.8) is 0 Å². The highest BCUT2D eigenvalue weighted by Crippen LogP contribution is 2.16. The minimum Gasteiger partial charge on any atom is -0.324 e. The lowest BCUT2D eigenvalue weighted by Crippen LogP contribution is -2.16. The third-order valence-corrected chi connectivity index (χ3v) is 2.88. The first-order valence-corrected chi connectivity index (χ1v) is 5.90. The summed E-state index contributed by atoms with van der Waals surface area (Å²) in [6.07, 6.45) is 0. The molecule has 0 bridgehead atoms. The Hall–Kier alpha value is -2.34. The van der Waals surface area contributed by atoms with Crippen LogP contribution in [0.25, 0.3) is 0 Å². The molecule has 0 aliphatic carbocycles. The van der Waals surface area contributed by atoms with Gasteiger partial charge in [0.15, 0.2) is 0 Å². The molecule has 2 aromatic rings. The number of benzene rings is 1. The number of anilines is 2. The standard InChI is InChI=1S/C13H17N5O/c1-8-6-10(16-14)4-5-11(8)13(19)15-12-7-9(2)17-18(12)3/h4-7,16H,14H2,1-3H3,(H,15,19). The fourth-order valence-electron chi connectivity index (χ4n) is 1.92. The number of hydrogen-bond acceptors (Lipinski definition) is 4. The third kappa shape index (κ3) is 2.74. The summed E-state index contributed by atoms with van der Waals surface area (Å²) in [6, 6.07) is 7.14. The Labute approximate surface area is 111 Å². The van der Waals surface area contributed by atoms with Crippen LogP contribution in [0.5, 0.6) is 0 Å². The Morgan fingerprint density at radius 1 is 1.32 bits per heavy atom. The van der Waals surface area contributed by atoms with Gasteiger partial charge < -0.3 is 10.7 Å². The molecule has 0 spiro atoms. The Morgan fingerprint density at radius 3 is 2.58 bits per heavy atom. The maximum Gasteiger partial charge on any atom is 0.257 e. The van der Waals surface area contributed by atoms with Crippen LogP contribution in [-0.2, 0) is 7.05 Å².